The first-order valence-corrected chi connectivity index (χ1v) is 10.3. The van der Waals surface area contributed by atoms with E-state index in [0.717, 1.165) is 34.3 Å². The number of para-hydroxylation sites is 1. The van der Waals surface area contributed by atoms with Gasteiger partial charge in [0.1, 0.15) is 5.60 Å². The fourth-order valence-corrected chi connectivity index (χ4v) is 4.55. The number of nitrogens with zero attached hydrogens (tertiary/aromatic N) is 2. The standard InChI is InChI=1S/C22H21N3O2S/c26-21(25-13-22(27,14-25)17-8-9-17)16-6-10-18(11-7-16)24-28-19-5-1-3-15-4-2-12-23-20(15)19/h1-7,10-12,17,24,27H,8-9,13-14H2. The van der Waals surface area contributed by atoms with E-state index in [0.29, 0.717) is 24.6 Å². The third-order valence-corrected chi connectivity index (χ3v) is 6.45. The Balaban J connectivity index is 1.22. The molecule has 1 aromatic heterocycles. The van der Waals surface area contributed by atoms with Gasteiger partial charge in [0, 0.05) is 22.8 Å². The second-order valence-electron chi connectivity index (χ2n) is 7.65. The third kappa shape index (κ3) is 3.23. The van der Waals surface area contributed by atoms with Crippen LogP contribution in [0.5, 0.6) is 0 Å². The number of amides is 1. The Labute approximate surface area is 167 Å². The number of fused-ring (bicyclic) bond motifs is 1. The Morgan fingerprint density at radius 3 is 2.61 bits per heavy atom. The molecular weight excluding hydrogens is 370 g/mol. The van der Waals surface area contributed by atoms with Crippen LogP contribution in [0.3, 0.4) is 0 Å². The summed E-state index contributed by atoms with van der Waals surface area (Å²) < 4.78 is 3.32. The van der Waals surface area contributed by atoms with Crippen LogP contribution in [-0.2, 0) is 0 Å². The molecule has 2 aliphatic rings. The minimum atomic E-state index is -0.639. The lowest BCUT2D eigenvalue weighted by Crippen LogP contribution is -2.64. The minimum Gasteiger partial charge on any atom is -0.386 e. The van der Waals surface area contributed by atoms with Crippen molar-refractivity contribution in [2.75, 3.05) is 17.8 Å². The number of aromatic nitrogens is 1. The molecule has 2 aromatic carbocycles. The van der Waals surface area contributed by atoms with Gasteiger partial charge >= 0.3 is 0 Å². The van der Waals surface area contributed by atoms with Crippen molar-refractivity contribution in [1.29, 1.82) is 0 Å². The number of β-amino-alcohol motifs (C(OH)–C–C–N with tert-alkyl or cyclic N) is 1. The maximum Gasteiger partial charge on any atom is 0.254 e. The predicted molar refractivity (Wildman–Crippen MR) is 111 cm³/mol. The van der Waals surface area contributed by atoms with Crippen molar-refractivity contribution in [3.63, 3.8) is 0 Å². The zero-order valence-corrected chi connectivity index (χ0v) is 16.2. The minimum absolute atomic E-state index is 0.0113. The number of benzene rings is 2. The first-order valence-electron chi connectivity index (χ1n) is 9.51. The van der Waals surface area contributed by atoms with E-state index >= 15 is 0 Å². The molecule has 0 spiro atoms. The van der Waals surface area contributed by atoms with Gasteiger partial charge in [0.25, 0.3) is 5.91 Å². The van der Waals surface area contributed by atoms with Crippen molar-refractivity contribution < 1.29 is 9.90 Å². The molecule has 1 aliphatic carbocycles. The Morgan fingerprint density at radius 1 is 1.11 bits per heavy atom. The van der Waals surface area contributed by atoms with Crippen molar-refractivity contribution in [3.05, 3.63) is 66.4 Å². The van der Waals surface area contributed by atoms with Gasteiger partial charge in [-0.25, -0.2) is 0 Å². The van der Waals surface area contributed by atoms with Gasteiger partial charge in [0.2, 0.25) is 0 Å². The molecule has 1 saturated carbocycles. The van der Waals surface area contributed by atoms with Crippen LogP contribution in [-0.4, -0.2) is 39.6 Å². The van der Waals surface area contributed by atoms with Crippen LogP contribution < -0.4 is 4.72 Å². The van der Waals surface area contributed by atoms with E-state index in [4.69, 9.17) is 0 Å². The molecular formula is C22H21N3O2S. The van der Waals surface area contributed by atoms with Crippen molar-refractivity contribution in [2.24, 2.45) is 5.92 Å². The highest BCUT2D eigenvalue weighted by Crippen LogP contribution is 2.44. The van der Waals surface area contributed by atoms with E-state index in [1.165, 1.54) is 11.9 Å². The molecule has 0 atom stereocenters. The van der Waals surface area contributed by atoms with E-state index in [1.807, 2.05) is 54.6 Å². The van der Waals surface area contributed by atoms with Crippen molar-refractivity contribution in [2.45, 2.75) is 23.3 Å². The number of hydrogen-bond acceptors (Lipinski definition) is 5. The molecule has 142 valence electrons. The third-order valence-electron chi connectivity index (χ3n) is 5.56. The molecule has 1 aliphatic heterocycles. The number of hydrogen-bond donors (Lipinski definition) is 2. The summed E-state index contributed by atoms with van der Waals surface area (Å²) in [4.78, 5) is 19.8. The molecule has 0 bridgehead atoms. The molecule has 1 amide bonds. The summed E-state index contributed by atoms with van der Waals surface area (Å²) in [6, 6.07) is 17.6. The highest BCUT2D eigenvalue weighted by atomic mass is 32.2. The molecule has 0 unspecified atom stereocenters. The van der Waals surface area contributed by atoms with Crippen LogP contribution in [0.2, 0.25) is 0 Å². The fraction of sp³-hybridized carbons (Fsp3) is 0.273. The summed E-state index contributed by atoms with van der Waals surface area (Å²) in [5, 5.41) is 11.5. The van der Waals surface area contributed by atoms with Crippen LogP contribution >= 0.6 is 11.9 Å². The first-order chi connectivity index (χ1) is 13.6. The SMILES string of the molecule is O=C(c1ccc(NSc2cccc3cccnc23)cc1)N1CC(O)(C2CC2)C1. The van der Waals surface area contributed by atoms with Gasteiger partial charge in [0.05, 0.1) is 23.5 Å². The Hall–Kier alpha value is -2.57. The van der Waals surface area contributed by atoms with Crippen molar-refractivity contribution in [1.82, 2.24) is 9.88 Å². The molecule has 1 saturated heterocycles. The number of pyridine rings is 1. The topological polar surface area (TPSA) is 65.5 Å². The summed E-state index contributed by atoms with van der Waals surface area (Å²) >= 11 is 1.51. The Morgan fingerprint density at radius 2 is 1.86 bits per heavy atom. The molecule has 6 heteroatoms. The lowest BCUT2D eigenvalue weighted by atomic mass is 9.88. The molecule has 3 aromatic rings. The van der Waals surface area contributed by atoms with Gasteiger partial charge in [-0.2, -0.15) is 0 Å². The predicted octanol–water partition coefficient (Wildman–Crippen LogP) is 3.95. The monoisotopic (exact) mass is 391 g/mol. The number of carbonyl (C=O) groups is 1. The number of anilines is 1. The largest absolute Gasteiger partial charge is 0.386 e. The van der Waals surface area contributed by atoms with Gasteiger partial charge in [-0.15, -0.1) is 0 Å². The number of rotatable bonds is 5. The number of aliphatic hydroxyl groups is 1. The highest BCUT2D eigenvalue weighted by Gasteiger charge is 2.53. The molecule has 2 heterocycles. The van der Waals surface area contributed by atoms with Gasteiger partial charge in [0.15, 0.2) is 0 Å². The van der Waals surface area contributed by atoms with Crippen molar-refractivity contribution in [3.8, 4) is 0 Å². The van der Waals surface area contributed by atoms with Gasteiger partial charge < -0.3 is 14.7 Å². The number of carbonyl (C=O) groups excluding carboxylic acids is 1. The maximum atomic E-state index is 12.6. The van der Waals surface area contributed by atoms with Crippen LogP contribution in [0.15, 0.2) is 65.7 Å². The molecule has 5 rings (SSSR count). The van der Waals surface area contributed by atoms with E-state index < -0.39 is 5.60 Å². The second kappa shape index (κ2) is 6.79. The Bertz CT molecular complexity index is 1020. The van der Waals surface area contributed by atoms with Crippen LogP contribution in [0.25, 0.3) is 10.9 Å². The Kier molecular flexibility index (Phi) is 4.25. The molecule has 28 heavy (non-hydrogen) atoms. The quantitative estimate of drug-likeness (QED) is 0.645. The van der Waals surface area contributed by atoms with E-state index in [2.05, 4.69) is 9.71 Å². The normalized spacial score (nSPS) is 18.0. The first kappa shape index (κ1) is 17.5. The number of nitrogens with one attached hydrogen (secondary N) is 1. The van der Waals surface area contributed by atoms with Crippen LogP contribution in [0.4, 0.5) is 5.69 Å². The van der Waals surface area contributed by atoms with Gasteiger partial charge in [-0.1, -0.05) is 18.2 Å². The van der Waals surface area contributed by atoms with E-state index in [-0.39, 0.29) is 5.91 Å². The summed E-state index contributed by atoms with van der Waals surface area (Å²) in [6.45, 7) is 0.918. The van der Waals surface area contributed by atoms with Crippen molar-refractivity contribution >= 4 is 34.4 Å². The second-order valence-corrected chi connectivity index (χ2v) is 8.50. The van der Waals surface area contributed by atoms with E-state index in [1.54, 1.807) is 11.1 Å². The van der Waals surface area contributed by atoms with Crippen LogP contribution in [0.1, 0.15) is 23.2 Å². The molecule has 0 radical (unpaired) electrons. The zero-order chi connectivity index (χ0) is 19.1. The summed E-state index contributed by atoms with van der Waals surface area (Å²) in [5.41, 5.74) is 1.91. The summed E-state index contributed by atoms with van der Waals surface area (Å²) in [7, 11) is 0. The highest BCUT2D eigenvalue weighted by molar-refractivity contribution is 8.00. The van der Waals surface area contributed by atoms with Gasteiger partial charge in [-0.3, -0.25) is 9.78 Å². The summed E-state index contributed by atoms with van der Waals surface area (Å²) in [5.74, 6) is 0.381. The lowest BCUT2D eigenvalue weighted by Gasteiger charge is -2.47. The molecule has 2 fully saturated rings. The average Bonchev–Trinajstić information content (AvgIpc) is 3.55. The smallest absolute Gasteiger partial charge is 0.254 e. The zero-order valence-electron chi connectivity index (χ0n) is 15.3. The van der Waals surface area contributed by atoms with Gasteiger partial charge in [-0.05, 0) is 67.1 Å². The fourth-order valence-electron chi connectivity index (χ4n) is 3.77. The van der Waals surface area contributed by atoms with Crippen LogP contribution in [0, 0.1) is 5.92 Å². The lowest BCUT2D eigenvalue weighted by molar-refractivity contribution is -0.0958. The van der Waals surface area contributed by atoms with E-state index in [9.17, 15) is 9.90 Å². The molecule has 5 nitrogen and oxygen atoms in total. The number of likely N-dealkylation sites (tertiary alicyclic amines) is 1. The molecule has 2 N–H and O–H groups in total. The maximum absolute atomic E-state index is 12.6. The average molecular weight is 391 g/mol. The summed E-state index contributed by atoms with van der Waals surface area (Å²) in [6.07, 6.45) is 3.97.